The molecule has 4 nitrogen and oxygen atoms in total. The van der Waals surface area contributed by atoms with E-state index in [1.807, 2.05) is 0 Å². The van der Waals surface area contributed by atoms with Gasteiger partial charge < -0.3 is 10.1 Å². The third kappa shape index (κ3) is 5.33. The van der Waals surface area contributed by atoms with Crippen LogP contribution in [-0.2, 0) is 17.8 Å². The van der Waals surface area contributed by atoms with Crippen LogP contribution in [-0.4, -0.2) is 30.2 Å². The maximum Gasteiger partial charge on any atom is 0.407 e. The summed E-state index contributed by atoms with van der Waals surface area (Å²) in [5, 5.41) is 2.56. The summed E-state index contributed by atoms with van der Waals surface area (Å²) in [7, 11) is 1.61. The Morgan fingerprint density at radius 2 is 1.58 bits per heavy atom. The molecule has 4 heteroatoms. The minimum Gasteiger partial charge on any atom is -0.446 e. The smallest absolute Gasteiger partial charge is 0.407 e. The number of hydrogen-bond acceptors (Lipinski definition) is 3. The first-order chi connectivity index (χ1) is 12.7. The van der Waals surface area contributed by atoms with Crippen molar-refractivity contribution in [2.45, 2.75) is 50.9 Å². The second-order valence-corrected chi connectivity index (χ2v) is 6.97. The number of nitrogens with one attached hydrogen (secondary N) is 1. The Labute approximate surface area is 156 Å². The highest BCUT2D eigenvalue weighted by Gasteiger charge is 2.29. The van der Waals surface area contributed by atoms with E-state index in [9.17, 15) is 4.79 Å². The largest absolute Gasteiger partial charge is 0.446 e. The molecule has 0 bridgehead atoms. The molecule has 1 N–H and O–H groups in total. The lowest BCUT2D eigenvalue weighted by Crippen LogP contribution is -2.41. The van der Waals surface area contributed by atoms with Crippen molar-refractivity contribution in [1.82, 2.24) is 10.2 Å². The van der Waals surface area contributed by atoms with Crippen LogP contribution in [0.2, 0.25) is 0 Å². The highest BCUT2D eigenvalue weighted by Crippen LogP contribution is 2.28. The third-order valence-corrected chi connectivity index (χ3v) is 5.05. The van der Waals surface area contributed by atoms with Crippen molar-refractivity contribution < 1.29 is 9.53 Å². The normalized spacial score (nSPS) is 19.9. The zero-order valence-electron chi connectivity index (χ0n) is 15.4. The number of alkyl carbamates (subject to hydrolysis) is 1. The van der Waals surface area contributed by atoms with Crippen molar-refractivity contribution in [1.29, 1.82) is 0 Å². The highest BCUT2D eigenvalue weighted by molar-refractivity contribution is 5.66. The zero-order chi connectivity index (χ0) is 18.2. The van der Waals surface area contributed by atoms with Gasteiger partial charge in [0, 0.05) is 32.6 Å². The number of hydrogen-bond donors (Lipinski definition) is 1. The van der Waals surface area contributed by atoms with Crippen LogP contribution >= 0.6 is 0 Å². The Kier molecular flexibility index (Phi) is 6.67. The van der Waals surface area contributed by atoms with Crippen LogP contribution in [0.25, 0.3) is 0 Å². The molecule has 1 amide bonds. The lowest BCUT2D eigenvalue weighted by atomic mass is 9.91. The summed E-state index contributed by atoms with van der Waals surface area (Å²) in [5.41, 5.74) is 2.63. The summed E-state index contributed by atoms with van der Waals surface area (Å²) >= 11 is 0. The van der Waals surface area contributed by atoms with Crippen LogP contribution in [0.5, 0.6) is 0 Å². The lowest BCUT2D eigenvalue weighted by molar-refractivity contribution is 0.0343. The van der Waals surface area contributed by atoms with E-state index in [2.05, 4.69) is 70.9 Å². The number of ether oxygens (including phenoxy) is 1. The summed E-state index contributed by atoms with van der Waals surface area (Å²) < 4.78 is 5.54. The van der Waals surface area contributed by atoms with E-state index < -0.39 is 0 Å². The average Bonchev–Trinajstić information content (AvgIpc) is 2.69. The van der Waals surface area contributed by atoms with E-state index >= 15 is 0 Å². The van der Waals surface area contributed by atoms with Crippen LogP contribution in [0.1, 0.15) is 36.8 Å². The van der Waals surface area contributed by atoms with Gasteiger partial charge in [-0.2, -0.15) is 0 Å². The zero-order valence-corrected chi connectivity index (χ0v) is 15.4. The molecule has 1 saturated carbocycles. The van der Waals surface area contributed by atoms with Gasteiger partial charge in [-0.3, -0.25) is 4.90 Å². The first-order valence-electron chi connectivity index (χ1n) is 9.45. The lowest BCUT2D eigenvalue weighted by Gasteiger charge is -2.37. The van der Waals surface area contributed by atoms with E-state index in [0.717, 1.165) is 38.8 Å². The maximum atomic E-state index is 11.6. The van der Waals surface area contributed by atoms with Crippen molar-refractivity contribution in [3.8, 4) is 0 Å². The fourth-order valence-corrected chi connectivity index (χ4v) is 3.72. The Morgan fingerprint density at radius 1 is 1.00 bits per heavy atom. The molecule has 1 fully saturated rings. The quantitative estimate of drug-likeness (QED) is 0.840. The fourth-order valence-electron chi connectivity index (χ4n) is 3.72. The molecule has 26 heavy (non-hydrogen) atoms. The van der Waals surface area contributed by atoms with Crippen molar-refractivity contribution in [2.24, 2.45) is 0 Å². The molecule has 0 heterocycles. The third-order valence-electron chi connectivity index (χ3n) is 5.05. The van der Waals surface area contributed by atoms with Crippen LogP contribution in [0.3, 0.4) is 0 Å². The molecule has 2 unspecified atom stereocenters. The molecule has 0 radical (unpaired) electrons. The molecule has 3 rings (SSSR count). The van der Waals surface area contributed by atoms with Gasteiger partial charge in [0.15, 0.2) is 0 Å². The molecule has 1 aliphatic rings. The number of benzene rings is 2. The van der Waals surface area contributed by atoms with Gasteiger partial charge in [0.05, 0.1) is 0 Å². The van der Waals surface area contributed by atoms with Gasteiger partial charge in [-0.15, -0.1) is 0 Å². The predicted molar refractivity (Wildman–Crippen MR) is 104 cm³/mol. The Morgan fingerprint density at radius 3 is 2.12 bits per heavy atom. The molecule has 0 aliphatic heterocycles. The number of nitrogens with zero attached hydrogens (tertiary/aromatic N) is 1. The number of amides is 1. The highest BCUT2D eigenvalue weighted by atomic mass is 16.6. The molecule has 2 atom stereocenters. The SMILES string of the molecule is CNC(=O)OC1CCCC(N(Cc2ccccc2)Cc2ccccc2)C1. The van der Waals surface area contributed by atoms with Gasteiger partial charge in [-0.1, -0.05) is 60.7 Å². The van der Waals surface area contributed by atoms with Gasteiger partial charge in [0.25, 0.3) is 0 Å². The summed E-state index contributed by atoms with van der Waals surface area (Å²) in [6, 6.07) is 21.6. The molecule has 0 saturated heterocycles. The number of carbonyl (C=O) groups excluding carboxylic acids is 1. The van der Waals surface area contributed by atoms with E-state index in [1.54, 1.807) is 7.05 Å². The van der Waals surface area contributed by atoms with Crippen LogP contribution < -0.4 is 5.32 Å². The first kappa shape index (κ1) is 18.5. The van der Waals surface area contributed by atoms with E-state index in [4.69, 9.17) is 4.74 Å². The number of carbonyl (C=O) groups is 1. The number of rotatable bonds is 6. The average molecular weight is 352 g/mol. The van der Waals surface area contributed by atoms with Gasteiger partial charge in [0.2, 0.25) is 0 Å². The molecule has 1 aliphatic carbocycles. The molecule has 138 valence electrons. The van der Waals surface area contributed by atoms with Gasteiger partial charge in [-0.25, -0.2) is 4.79 Å². The molecular formula is C22H28N2O2. The minimum absolute atomic E-state index is 0.00254. The molecule has 2 aromatic rings. The van der Waals surface area contributed by atoms with Crippen molar-refractivity contribution >= 4 is 6.09 Å². The Bertz CT molecular complexity index is 634. The summed E-state index contributed by atoms with van der Waals surface area (Å²) in [4.78, 5) is 14.1. The van der Waals surface area contributed by atoms with Crippen molar-refractivity contribution in [2.75, 3.05) is 7.05 Å². The van der Waals surface area contributed by atoms with Crippen LogP contribution in [0.4, 0.5) is 4.79 Å². The Balaban J connectivity index is 1.72. The molecule has 0 spiro atoms. The first-order valence-corrected chi connectivity index (χ1v) is 9.45. The van der Waals surface area contributed by atoms with Crippen LogP contribution in [0, 0.1) is 0 Å². The molecule has 2 aromatic carbocycles. The minimum atomic E-state index is -0.326. The van der Waals surface area contributed by atoms with E-state index in [0.29, 0.717) is 6.04 Å². The van der Waals surface area contributed by atoms with Gasteiger partial charge in [0.1, 0.15) is 6.10 Å². The van der Waals surface area contributed by atoms with Crippen molar-refractivity contribution in [3.63, 3.8) is 0 Å². The Hall–Kier alpha value is -2.33. The fraction of sp³-hybridized carbons (Fsp3) is 0.409. The van der Waals surface area contributed by atoms with Gasteiger partial charge in [-0.05, 0) is 30.4 Å². The summed E-state index contributed by atoms with van der Waals surface area (Å²) in [6.45, 7) is 1.82. The monoisotopic (exact) mass is 352 g/mol. The van der Waals surface area contributed by atoms with Crippen molar-refractivity contribution in [3.05, 3.63) is 71.8 Å². The predicted octanol–water partition coefficient (Wildman–Crippen LogP) is 4.36. The van der Waals surface area contributed by atoms with Crippen LogP contribution in [0.15, 0.2) is 60.7 Å². The topological polar surface area (TPSA) is 41.6 Å². The second kappa shape index (κ2) is 9.39. The summed E-state index contributed by atoms with van der Waals surface area (Å²) in [5.74, 6) is 0. The van der Waals surface area contributed by atoms with E-state index in [1.165, 1.54) is 11.1 Å². The molecule has 0 aromatic heterocycles. The second-order valence-electron chi connectivity index (χ2n) is 6.97. The standard InChI is InChI=1S/C22H28N2O2/c1-23-22(25)26-21-14-8-13-20(15-21)24(16-18-9-4-2-5-10-18)17-19-11-6-3-7-12-19/h2-7,9-12,20-21H,8,13-17H2,1H3,(H,23,25). The summed E-state index contributed by atoms with van der Waals surface area (Å²) in [6.07, 6.45) is 3.76. The van der Waals surface area contributed by atoms with Gasteiger partial charge >= 0.3 is 6.09 Å². The van der Waals surface area contributed by atoms with E-state index in [-0.39, 0.29) is 12.2 Å². The molecular weight excluding hydrogens is 324 g/mol. The maximum absolute atomic E-state index is 11.6.